The van der Waals surface area contributed by atoms with Gasteiger partial charge < -0.3 is 5.32 Å². The number of hydrogen-bond acceptors (Lipinski definition) is 5. The number of benzene rings is 2. The number of sulfone groups is 1. The summed E-state index contributed by atoms with van der Waals surface area (Å²) in [5.74, 6) is -1.32. The molecule has 4 rings (SSSR count). The van der Waals surface area contributed by atoms with Gasteiger partial charge in [-0.3, -0.25) is 9.59 Å². The second-order valence-corrected chi connectivity index (χ2v) is 8.29. The first-order valence-corrected chi connectivity index (χ1v) is 9.99. The molecule has 2 aromatic carbocycles. The number of carbonyl (C=O) groups is 1. The minimum absolute atomic E-state index is 0.0642. The van der Waals surface area contributed by atoms with Crippen molar-refractivity contribution in [2.45, 2.75) is 10.9 Å². The van der Waals surface area contributed by atoms with Crippen LogP contribution in [-0.2, 0) is 9.84 Å². The average molecular weight is 399 g/mol. The molecule has 1 aromatic heterocycles. The first-order valence-electron chi connectivity index (χ1n) is 8.34. The van der Waals surface area contributed by atoms with Crippen molar-refractivity contribution in [1.29, 1.82) is 0 Å². The minimum atomic E-state index is -3.47. The summed E-state index contributed by atoms with van der Waals surface area (Å²) in [6.07, 6.45) is 0. The molecule has 9 heteroatoms. The summed E-state index contributed by atoms with van der Waals surface area (Å²) in [4.78, 5) is 24.9. The van der Waals surface area contributed by atoms with Crippen molar-refractivity contribution >= 4 is 15.7 Å². The summed E-state index contributed by atoms with van der Waals surface area (Å²) < 4.78 is 38.6. The predicted molar refractivity (Wildman–Crippen MR) is 98.5 cm³/mol. The Labute approximate surface area is 159 Å². The molecule has 0 fully saturated rings. The van der Waals surface area contributed by atoms with Gasteiger partial charge in [-0.2, -0.15) is 9.78 Å². The molecule has 0 spiro atoms. The number of fused-ring (bicyclic) bond motifs is 1. The zero-order valence-corrected chi connectivity index (χ0v) is 15.2. The third-order valence-corrected chi connectivity index (χ3v) is 6.24. The fourth-order valence-corrected chi connectivity index (χ4v) is 4.84. The van der Waals surface area contributed by atoms with E-state index in [1.807, 2.05) is 0 Å². The molecule has 0 aliphatic carbocycles. The molecule has 7 nitrogen and oxygen atoms in total. The molecule has 2 heterocycles. The summed E-state index contributed by atoms with van der Waals surface area (Å²) in [6, 6.07) is 13.3. The number of amides is 1. The molecule has 0 saturated carbocycles. The maximum atomic E-state index is 13.1. The SMILES string of the molecule is O=C(NC1CS(=O)(=O)c2ccccc21)c1ccc(=O)n(-c2ccc(F)cc2)n1. The maximum absolute atomic E-state index is 13.1. The van der Waals surface area contributed by atoms with Crippen LogP contribution in [0.3, 0.4) is 0 Å². The lowest BCUT2D eigenvalue weighted by Crippen LogP contribution is -2.32. The Balaban J connectivity index is 1.64. The van der Waals surface area contributed by atoms with E-state index in [1.54, 1.807) is 18.2 Å². The average Bonchev–Trinajstić information content (AvgIpc) is 2.93. The number of aromatic nitrogens is 2. The lowest BCUT2D eigenvalue weighted by atomic mass is 10.1. The standard InChI is InChI=1S/C19H14FN3O4S/c20-12-5-7-13(8-6-12)23-18(24)10-9-15(22-23)19(25)21-16-11-28(26,27)17-4-2-1-3-14(16)17/h1-10,16H,11H2,(H,21,25). The van der Waals surface area contributed by atoms with Gasteiger partial charge in [0.05, 0.1) is 22.4 Å². The number of carbonyl (C=O) groups excluding carboxylic acids is 1. The molecule has 1 aliphatic rings. The van der Waals surface area contributed by atoms with Gasteiger partial charge in [0.2, 0.25) is 0 Å². The molecule has 0 radical (unpaired) electrons. The Bertz CT molecular complexity index is 1240. The Hall–Kier alpha value is -3.33. The molecule has 3 aromatic rings. The van der Waals surface area contributed by atoms with Gasteiger partial charge in [0.25, 0.3) is 11.5 Å². The molecule has 1 atom stereocenters. The highest BCUT2D eigenvalue weighted by molar-refractivity contribution is 7.91. The Morgan fingerprint density at radius 3 is 2.54 bits per heavy atom. The van der Waals surface area contributed by atoms with E-state index in [-0.39, 0.29) is 16.3 Å². The van der Waals surface area contributed by atoms with Crippen molar-refractivity contribution in [3.8, 4) is 5.69 Å². The van der Waals surface area contributed by atoms with Crippen LogP contribution in [0.25, 0.3) is 5.69 Å². The molecule has 1 amide bonds. The van der Waals surface area contributed by atoms with Crippen LogP contribution in [0.15, 0.2) is 70.4 Å². The third kappa shape index (κ3) is 3.20. The van der Waals surface area contributed by atoms with Crippen LogP contribution in [0.1, 0.15) is 22.1 Å². The van der Waals surface area contributed by atoms with E-state index >= 15 is 0 Å². The van der Waals surface area contributed by atoms with Gasteiger partial charge in [0.15, 0.2) is 9.84 Å². The molecule has 1 unspecified atom stereocenters. The van der Waals surface area contributed by atoms with Crippen LogP contribution in [0.5, 0.6) is 0 Å². The van der Waals surface area contributed by atoms with E-state index < -0.39 is 33.2 Å². The summed E-state index contributed by atoms with van der Waals surface area (Å²) in [5.41, 5.74) is 0.264. The van der Waals surface area contributed by atoms with Gasteiger partial charge in [0, 0.05) is 6.07 Å². The quantitative estimate of drug-likeness (QED) is 0.722. The number of nitrogens with zero attached hydrogens (tertiary/aromatic N) is 2. The van der Waals surface area contributed by atoms with Gasteiger partial charge in [0.1, 0.15) is 11.5 Å². The molecule has 1 N–H and O–H groups in total. The highest BCUT2D eigenvalue weighted by Crippen LogP contribution is 2.33. The normalized spacial score (nSPS) is 17.1. The van der Waals surface area contributed by atoms with Crippen LogP contribution < -0.4 is 10.9 Å². The van der Waals surface area contributed by atoms with Crippen molar-refractivity contribution in [3.63, 3.8) is 0 Å². The fourth-order valence-electron chi connectivity index (χ4n) is 3.10. The van der Waals surface area contributed by atoms with Crippen molar-refractivity contribution in [2.75, 3.05) is 5.75 Å². The van der Waals surface area contributed by atoms with Gasteiger partial charge in [-0.1, -0.05) is 18.2 Å². The third-order valence-electron chi connectivity index (χ3n) is 4.42. The predicted octanol–water partition coefficient (Wildman–Crippen LogP) is 1.63. The minimum Gasteiger partial charge on any atom is -0.343 e. The zero-order chi connectivity index (χ0) is 19.9. The van der Waals surface area contributed by atoms with E-state index in [1.165, 1.54) is 42.5 Å². The molecular weight excluding hydrogens is 385 g/mol. The smallest absolute Gasteiger partial charge is 0.272 e. The van der Waals surface area contributed by atoms with E-state index in [0.717, 1.165) is 4.68 Å². The Morgan fingerprint density at radius 1 is 1.07 bits per heavy atom. The highest BCUT2D eigenvalue weighted by Gasteiger charge is 2.35. The van der Waals surface area contributed by atoms with Gasteiger partial charge in [-0.25, -0.2) is 12.8 Å². The van der Waals surface area contributed by atoms with Crippen LogP contribution in [0.2, 0.25) is 0 Å². The van der Waals surface area contributed by atoms with E-state index in [4.69, 9.17) is 0 Å². The monoisotopic (exact) mass is 399 g/mol. The second kappa shape index (κ2) is 6.68. The second-order valence-electron chi connectivity index (χ2n) is 6.29. The van der Waals surface area contributed by atoms with E-state index in [9.17, 15) is 22.4 Å². The summed E-state index contributed by atoms with van der Waals surface area (Å²) in [7, 11) is -3.47. The molecular formula is C19H14FN3O4S. The van der Waals surface area contributed by atoms with E-state index in [0.29, 0.717) is 11.3 Å². The molecule has 142 valence electrons. The lowest BCUT2D eigenvalue weighted by Gasteiger charge is -2.13. The fraction of sp³-hybridized carbons (Fsp3) is 0.105. The van der Waals surface area contributed by atoms with Crippen molar-refractivity contribution in [2.24, 2.45) is 0 Å². The Morgan fingerprint density at radius 2 is 1.79 bits per heavy atom. The topological polar surface area (TPSA) is 98.1 Å². The van der Waals surface area contributed by atoms with Crippen LogP contribution in [0, 0.1) is 5.82 Å². The first-order chi connectivity index (χ1) is 13.3. The van der Waals surface area contributed by atoms with Crippen molar-refractivity contribution < 1.29 is 17.6 Å². The van der Waals surface area contributed by atoms with E-state index in [2.05, 4.69) is 10.4 Å². The largest absolute Gasteiger partial charge is 0.343 e. The number of nitrogens with one attached hydrogen (secondary N) is 1. The van der Waals surface area contributed by atoms with Crippen LogP contribution in [0.4, 0.5) is 4.39 Å². The lowest BCUT2D eigenvalue weighted by molar-refractivity contribution is 0.0934. The van der Waals surface area contributed by atoms with Gasteiger partial charge in [-0.15, -0.1) is 0 Å². The molecule has 1 aliphatic heterocycles. The Kier molecular flexibility index (Phi) is 4.31. The number of hydrogen-bond donors (Lipinski definition) is 1. The van der Waals surface area contributed by atoms with Crippen LogP contribution in [-0.4, -0.2) is 29.9 Å². The molecule has 28 heavy (non-hydrogen) atoms. The zero-order valence-electron chi connectivity index (χ0n) is 14.4. The molecule has 0 bridgehead atoms. The molecule has 0 saturated heterocycles. The van der Waals surface area contributed by atoms with Crippen molar-refractivity contribution in [1.82, 2.24) is 15.1 Å². The number of halogens is 1. The van der Waals surface area contributed by atoms with Gasteiger partial charge >= 0.3 is 0 Å². The van der Waals surface area contributed by atoms with Gasteiger partial charge in [-0.05, 0) is 42.0 Å². The first kappa shape index (κ1) is 18.1. The van der Waals surface area contributed by atoms with Crippen LogP contribution >= 0.6 is 0 Å². The summed E-state index contributed by atoms with van der Waals surface area (Å²) >= 11 is 0. The maximum Gasteiger partial charge on any atom is 0.272 e. The summed E-state index contributed by atoms with van der Waals surface area (Å²) in [5, 5.41) is 6.68. The summed E-state index contributed by atoms with van der Waals surface area (Å²) in [6.45, 7) is 0. The number of rotatable bonds is 3. The highest BCUT2D eigenvalue weighted by atomic mass is 32.2. The van der Waals surface area contributed by atoms with Crippen molar-refractivity contribution in [3.05, 3.63) is 88.1 Å².